The van der Waals surface area contributed by atoms with Crippen LogP contribution in [0.4, 0.5) is 8.78 Å². The van der Waals surface area contributed by atoms with E-state index in [9.17, 15) is 8.78 Å². The molecule has 146 valence electrons. The van der Waals surface area contributed by atoms with Crippen molar-refractivity contribution >= 4 is 18.4 Å². The highest BCUT2D eigenvalue weighted by atomic mass is 32.1. The van der Waals surface area contributed by atoms with Crippen LogP contribution in [0.2, 0.25) is 0 Å². The summed E-state index contributed by atoms with van der Waals surface area (Å²) in [6, 6.07) is 11.4. The van der Waals surface area contributed by atoms with E-state index < -0.39 is 6.61 Å². The summed E-state index contributed by atoms with van der Waals surface area (Å²) in [6.07, 6.45) is 1.56. The van der Waals surface area contributed by atoms with E-state index in [4.69, 9.17) is 21.7 Å². The number of H-pyrrole nitrogens is 1. The van der Waals surface area contributed by atoms with Crippen LogP contribution in [-0.4, -0.2) is 41.9 Å². The van der Waals surface area contributed by atoms with Crippen LogP contribution in [0.5, 0.6) is 17.2 Å². The minimum absolute atomic E-state index is 0.0454. The lowest BCUT2D eigenvalue weighted by Gasteiger charge is -2.09. The van der Waals surface area contributed by atoms with Crippen molar-refractivity contribution in [2.45, 2.75) is 6.61 Å². The van der Waals surface area contributed by atoms with Gasteiger partial charge in [0.1, 0.15) is 5.75 Å². The minimum Gasteiger partial charge on any atom is -0.493 e. The second-order valence-corrected chi connectivity index (χ2v) is 5.78. The summed E-state index contributed by atoms with van der Waals surface area (Å²) in [5.74, 6) is 1.55. The predicted octanol–water partition coefficient (Wildman–Crippen LogP) is 4.11. The summed E-state index contributed by atoms with van der Waals surface area (Å²) in [4.78, 5) is 0. The standard InChI is InChI=1S/C18H16F2N4O3S/c1-25-14-5-3-4-12(15(14)26-2)10-21-24-16(22-23-18(24)28)11-6-8-13(9-7-11)27-17(19)20/h3-10,17H,1-2H3,(H,23,28). The number of halogens is 2. The van der Waals surface area contributed by atoms with E-state index in [1.54, 1.807) is 37.6 Å². The van der Waals surface area contributed by atoms with Gasteiger partial charge in [-0.1, -0.05) is 6.07 Å². The number of nitrogens with zero attached hydrogens (tertiary/aromatic N) is 3. The van der Waals surface area contributed by atoms with Crippen molar-refractivity contribution in [1.29, 1.82) is 0 Å². The van der Waals surface area contributed by atoms with Gasteiger partial charge < -0.3 is 14.2 Å². The summed E-state index contributed by atoms with van der Waals surface area (Å²) in [6.45, 7) is -2.89. The lowest BCUT2D eigenvalue weighted by molar-refractivity contribution is -0.0498. The van der Waals surface area contributed by atoms with Crippen LogP contribution in [-0.2, 0) is 0 Å². The van der Waals surface area contributed by atoms with Gasteiger partial charge >= 0.3 is 6.61 Å². The molecule has 1 heterocycles. The Bertz CT molecular complexity index is 1030. The molecule has 0 aliphatic heterocycles. The Morgan fingerprint density at radius 3 is 2.54 bits per heavy atom. The van der Waals surface area contributed by atoms with Crippen molar-refractivity contribution in [3.05, 3.63) is 52.8 Å². The zero-order chi connectivity index (χ0) is 20.1. The summed E-state index contributed by atoms with van der Waals surface area (Å²) in [5, 5.41) is 11.2. The summed E-state index contributed by atoms with van der Waals surface area (Å²) in [5.41, 5.74) is 1.29. The van der Waals surface area contributed by atoms with Crippen LogP contribution >= 0.6 is 12.2 Å². The first kappa shape index (κ1) is 19.5. The number of nitrogens with one attached hydrogen (secondary N) is 1. The van der Waals surface area contributed by atoms with Crippen molar-refractivity contribution in [1.82, 2.24) is 14.9 Å². The maximum absolute atomic E-state index is 12.3. The topological polar surface area (TPSA) is 73.7 Å². The lowest BCUT2D eigenvalue weighted by Crippen LogP contribution is -2.01. The Morgan fingerprint density at radius 2 is 1.89 bits per heavy atom. The predicted molar refractivity (Wildman–Crippen MR) is 102 cm³/mol. The minimum atomic E-state index is -2.89. The molecule has 7 nitrogen and oxygen atoms in total. The molecule has 1 aromatic heterocycles. The van der Waals surface area contributed by atoms with Crippen LogP contribution in [0, 0.1) is 4.77 Å². The lowest BCUT2D eigenvalue weighted by atomic mass is 10.2. The van der Waals surface area contributed by atoms with Gasteiger partial charge in [-0.15, -0.1) is 0 Å². The number of methoxy groups -OCH3 is 2. The molecule has 0 bridgehead atoms. The second-order valence-electron chi connectivity index (χ2n) is 5.39. The SMILES string of the molecule is COc1cccc(C=Nn2c(-c3ccc(OC(F)F)cc3)n[nH]c2=S)c1OC. The molecule has 0 fully saturated rings. The van der Waals surface area contributed by atoms with E-state index in [1.165, 1.54) is 23.9 Å². The first-order valence-electron chi connectivity index (χ1n) is 8.01. The van der Waals surface area contributed by atoms with Gasteiger partial charge in [0.25, 0.3) is 0 Å². The van der Waals surface area contributed by atoms with Crippen LogP contribution in [0.1, 0.15) is 5.56 Å². The number of hydrogen-bond acceptors (Lipinski definition) is 6. The van der Waals surface area contributed by atoms with Gasteiger partial charge in [-0.2, -0.15) is 23.7 Å². The Hall–Kier alpha value is -3.27. The number of hydrogen-bond donors (Lipinski definition) is 1. The zero-order valence-electron chi connectivity index (χ0n) is 14.9. The van der Waals surface area contributed by atoms with Crippen molar-refractivity contribution in [2.24, 2.45) is 5.10 Å². The summed E-state index contributed by atoms with van der Waals surface area (Å²) < 4.78 is 41.3. The molecule has 3 aromatic rings. The fraction of sp³-hybridized carbons (Fsp3) is 0.167. The summed E-state index contributed by atoms with van der Waals surface area (Å²) >= 11 is 5.23. The smallest absolute Gasteiger partial charge is 0.387 e. The van der Waals surface area contributed by atoms with Crippen molar-refractivity contribution in [3.8, 4) is 28.6 Å². The van der Waals surface area contributed by atoms with E-state index >= 15 is 0 Å². The third-order valence-electron chi connectivity index (χ3n) is 3.73. The van der Waals surface area contributed by atoms with Gasteiger partial charge in [0.05, 0.1) is 20.4 Å². The van der Waals surface area contributed by atoms with Gasteiger partial charge in [0.2, 0.25) is 4.77 Å². The molecule has 2 aromatic carbocycles. The maximum atomic E-state index is 12.3. The van der Waals surface area contributed by atoms with Gasteiger partial charge in [-0.25, -0.2) is 5.10 Å². The van der Waals surface area contributed by atoms with Gasteiger partial charge in [0, 0.05) is 11.1 Å². The average Bonchev–Trinajstić information content (AvgIpc) is 3.06. The molecule has 0 saturated carbocycles. The Kier molecular flexibility index (Phi) is 5.99. The quantitative estimate of drug-likeness (QED) is 0.472. The van der Waals surface area contributed by atoms with E-state index in [2.05, 4.69) is 20.0 Å². The highest BCUT2D eigenvalue weighted by molar-refractivity contribution is 7.71. The fourth-order valence-corrected chi connectivity index (χ4v) is 2.68. The molecular weight excluding hydrogens is 390 g/mol. The van der Waals surface area contributed by atoms with Gasteiger partial charge in [-0.3, -0.25) is 0 Å². The maximum Gasteiger partial charge on any atom is 0.387 e. The molecule has 28 heavy (non-hydrogen) atoms. The molecule has 0 amide bonds. The van der Waals surface area contributed by atoms with Crippen LogP contribution in [0.15, 0.2) is 47.6 Å². The van der Waals surface area contributed by atoms with E-state index in [0.717, 1.165) is 0 Å². The van der Waals surface area contributed by atoms with Crippen LogP contribution in [0.25, 0.3) is 11.4 Å². The number of aromatic amines is 1. The molecule has 0 radical (unpaired) electrons. The third-order valence-corrected chi connectivity index (χ3v) is 4.00. The highest BCUT2D eigenvalue weighted by Gasteiger charge is 2.11. The number of ether oxygens (including phenoxy) is 3. The highest BCUT2D eigenvalue weighted by Crippen LogP contribution is 2.29. The normalized spacial score (nSPS) is 11.2. The molecular formula is C18H16F2N4O3S. The first-order valence-corrected chi connectivity index (χ1v) is 8.42. The number of para-hydroxylation sites is 1. The molecule has 1 N–H and O–H groups in total. The van der Waals surface area contributed by atoms with Crippen molar-refractivity contribution in [2.75, 3.05) is 14.2 Å². The van der Waals surface area contributed by atoms with E-state index in [0.29, 0.717) is 28.5 Å². The second kappa shape index (κ2) is 8.61. The molecule has 10 heteroatoms. The Labute approximate surface area is 164 Å². The number of alkyl halides is 2. The van der Waals surface area contributed by atoms with Gasteiger partial charge in [0.15, 0.2) is 17.3 Å². The number of rotatable bonds is 7. The molecule has 0 spiro atoms. The summed E-state index contributed by atoms with van der Waals surface area (Å²) in [7, 11) is 3.08. The molecule has 0 unspecified atom stereocenters. The Morgan fingerprint density at radius 1 is 1.14 bits per heavy atom. The molecule has 0 aliphatic carbocycles. The monoisotopic (exact) mass is 406 g/mol. The number of aromatic nitrogens is 3. The third kappa shape index (κ3) is 4.17. The molecule has 0 atom stereocenters. The van der Waals surface area contributed by atoms with E-state index in [1.807, 2.05) is 6.07 Å². The molecule has 0 aliphatic rings. The van der Waals surface area contributed by atoms with Crippen LogP contribution < -0.4 is 14.2 Å². The zero-order valence-corrected chi connectivity index (χ0v) is 15.7. The Balaban J connectivity index is 1.94. The van der Waals surface area contributed by atoms with Crippen molar-refractivity contribution in [3.63, 3.8) is 0 Å². The average molecular weight is 406 g/mol. The van der Waals surface area contributed by atoms with Crippen molar-refractivity contribution < 1.29 is 23.0 Å². The molecule has 3 rings (SSSR count). The van der Waals surface area contributed by atoms with Gasteiger partial charge in [-0.05, 0) is 48.6 Å². The largest absolute Gasteiger partial charge is 0.493 e. The molecule has 0 saturated heterocycles. The van der Waals surface area contributed by atoms with E-state index in [-0.39, 0.29) is 10.5 Å². The van der Waals surface area contributed by atoms with Crippen LogP contribution in [0.3, 0.4) is 0 Å². The fourth-order valence-electron chi connectivity index (χ4n) is 2.50. The number of benzene rings is 2. The first-order chi connectivity index (χ1) is 13.5.